The first kappa shape index (κ1) is 13.9. The van der Waals surface area contributed by atoms with Crippen molar-refractivity contribution in [1.82, 2.24) is 14.8 Å². The van der Waals surface area contributed by atoms with Gasteiger partial charge >= 0.3 is 5.97 Å². The highest BCUT2D eigenvalue weighted by atomic mass is 19.1. The zero-order valence-corrected chi connectivity index (χ0v) is 10.7. The Balaban J connectivity index is 2.22. The summed E-state index contributed by atoms with van der Waals surface area (Å²) < 4.78 is 33.8. The predicted molar refractivity (Wildman–Crippen MR) is 63.4 cm³/mol. The van der Waals surface area contributed by atoms with Crippen molar-refractivity contribution >= 4 is 5.97 Å². The van der Waals surface area contributed by atoms with E-state index in [0.717, 1.165) is 0 Å². The van der Waals surface area contributed by atoms with Gasteiger partial charge in [-0.2, -0.15) is 0 Å². The summed E-state index contributed by atoms with van der Waals surface area (Å²) >= 11 is 0. The highest BCUT2D eigenvalue weighted by Gasteiger charge is 2.17. The smallest absolute Gasteiger partial charge is 0.335 e. The number of rotatable bonds is 4. The SMILES string of the molecule is Cc1nnc(COc2c(F)cc(C(=O)O)cc2F)n1C. The number of halogens is 2. The summed E-state index contributed by atoms with van der Waals surface area (Å²) in [5.74, 6) is -3.20. The third-order valence-electron chi connectivity index (χ3n) is 2.77. The van der Waals surface area contributed by atoms with E-state index in [9.17, 15) is 13.6 Å². The lowest BCUT2D eigenvalue weighted by Gasteiger charge is -2.08. The van der Waals surface area contributed by atoms with Crippen LogP contribution in [0.15, 0.2) is 12.1 Å². The Bertz CT molecular complexity index is 647. The minimum atomic E-state index is -1.42. The molecule has 1 N–H and O–H groups in total. The molecule has 2 aromatic rings. The van der Waals surface area contributed by atoms with Crippen LogP contribution < -0.4 is 4.74 Å². The average Bonchev–Trinajstić information content (AvgIpc) is 2.69. The molecule has 0 saturated carbocycles. The van der Waals surface area contributed by atoms with Crippen LogP contribution in [0.2, 0.25) is 0 Å². The van der Waals surface area contributed by atoms with Gasteiger partial charge in [0.25, 0.3) is 0 Å². The third kappa shape index (κ3) is 2.58. The molecule has 0 bridgehead atoms. The molecule has 0 fully saturated rings. The van der Waals surface area contributed by atoms with E-state index in [-0.39, 0.29) is 6.61 Å². The fourth-order valence-electron chi connectivity index (χ4n) is 1.53. The molecule has 0 saturated heterocycles. The van der Waals surface area contributed by atoms with Crippen molar-refractivity contribution in [3.63, 3.8) is 0 Å². The molecule has 1 aromatic heterocycles. The van der Waals surface area contributed by atoms with Gasteiger partial charge < -0.3 is 14.4 Å². The van der Waals surface area contributed by atoms with Crippen LogP contribution in [0.3, 0.4) is 0 Å². The number of carboxylic acids is 1. The Kier molecular flexibility index (Phi) is 3.64. The van der Waals surface area contributed by atoms with Gasteiger partial charge in [0, 0.05) is 7.05 Å². The third-order valence-corrected chi connectivity index (χ3v) is 2.77. The summed E-state index contributed by atoms with van der Waals surface area (Å²) in [6, 6.07) is 1.39. The first-order valence-corrected chi connectivity index (χ1v) is 5.60. The van der Waals surface area contributed by atoms with Gasteiger partial charge in [0.2, 0.25) is 0 Å². The van der Waals surface area contributed by atoms with Gasteiger partial charge in [-0.3, -0.25) is 0 Å². The molecule has 8 heteroatoms. The maximum absolute atomic E-state index is 13.6. The lowest BCUT2D eigenvalue weighted by molar-refractivity contribution is 0.0695. The molecule has 0 radical (unpaired) electrons. The molecule has 1 heterocycles. The Labute approximate surface area is 112 Å². The fraction of sp³-hybridized carbons (Fsp3) is 0.250. The van der Waals surface area contributed by atoms with Crippen molar-refractivity contribution in [3.05, 3.63) is 41.0 Å². The summed E-state index contributed by atoms with van der Waals surface area (Å²) in [4.78, 5) is 10.6. The average molecular weight is 283 g/mol. The monoisotopic (exact) mass is 283 g/mol. The van der Waals surface area contributed by atoms with E-state index in [1.165, 1.54) is 0 Å². The molecule has 20 heavy (non-hydrogen) atoms. The Morgan fingerprint density at radius 3 is 2.40 bits per heavy atom. The highest BCUT2D eigenvalue weighted by molar-refractivity contribution is 5.87. The number of ether oxygens (including phenoxy) is 1. The maximum Gasteiger partial charge on any atom is 0.335 e. The van der Waals surface area contributed by atoms with Crippen molar-refractivity contribution in [2.75, 3.05) is 0 Å². The van der Waals surface area contributed by atoms with Crippen molar-refractivity contribution < 1.29 is 23.4 Å². The minimum absolute atomic E-state index is 0.183. The van der Waals surface area contributed by atoms with Crippen molar-refractivity contribution in [2.45, 2.75) is 13.5 Å². The number of carbonyl (C=O) groups is 1. The van der Waals surface area contributed by atoms with Crippen LogP contribution in [0.1, 0.15) is 22.0 Å². The van der Waals surface area contributed by atoms with Crippen LogP contribution in [0.25, 0.3) is 0 Å². The van der Waals surface area contributed by atoms with E-state index in [1.54, 1.807) is 18.5 Å². The topological polar surface area (TPSA) is 77.2 Å². The summed E-state index contributed by atoms with van der Waals surface area (Å²) in [5, 5.41) is 16.2. The van der Waals surface area contributed by atoms with E-state index < -0.39 is 28.9 Å². The largest absolute Gasteiger partial charge is 0.479 e. The number of benzene rings is 1. The summed E-state index contributed by atoms with van der Waals surface area (Å²) in [6.45, 7) is 1.54. The van der Waals surface area contributed by atoms with Crippen LogP contribution in [0, 0.1) is 18.6 Å². The lowest BCUT2D eigenvalue weighted by atomic mass is 10.2. The molecule has 1 aromatic carbocycles. The van der Waals surface area contributed by atoms with Gasteiger partial charge in [-0.25, -0.2) is 13.6 Å². The molecule has 2 rings (SSSR count). The van der Waals surface area contributed by atoms with Crippen LogP contribution in [0.4, 0.5) is 8.78 Å². The second kappa shape index (κ2) is 5.24. The van der Waals surface area contributed by atoms with Crippen molar-refractivity contribution in [2.24, 2.45) is 7.05 Å². The van der Waals surface area contributed by atoms with Gasteiger partial charge in [0.15, 0.2) is 23.2 Å². The maximum atomic E-state index is 13.6. The normalized spacial score (nSPS) is 10.6. The molecule has 0 aliphatic heterocycles. The summed E-state index contributed by atoms with van der Waals surface area (Å²) in [6.07, 6.45) is 0. The summed E-state index contributed by atoms with van der Waals surface area (Å²) in [7, 11) is 1.69. The Hall–Kier alpha value is -2.51. The number of nitrogens with zero attached hydrogens (tertiary/aromatic N) is 3. The van der Waals surface area contributed by atoms with E-state index in [2.05, 4.69) is 10.2 Å². The van der Waals surface area contributed by atoms with Crippen LogP contribution in [-0.2, 0) is 13.7 Å². The number of aryl methyl sites for hydroxylation is 1. The second-order valence-corrected chi connectivity index (χ2v) is 4.09. The molecule has 6 nitrogen and oxygen atoms in total. The quantitative estimate of drug-likeness (QED) is 0.923. The van der Waals surface area contributed by atoms with Crippen LogP contribution in [0.5, 0.6) is 5.75 Å². The standard InChI is InChI=1S/C12H11F2N3O3/c1-6-15-16-10(17(6)2)5-20-11-8(13)3-7(12(18)19)4-9(11)14/h3-4H,5H2,1-2H3,(H,18,19). The zero-order valence-electron chi connectivity index (χ0n) is 10.7. The van der Waals surface area contributed by atoms with Crippen LogP contribution in [-0.4, -0.2) is 25.8 Å². The molecule has 0 spiro atoms. The molecule has 0 aliphatic carbocycles. The van der Waals surface area contributed by atoms with E-state index in [0.29, 0.717) is 23.8 Å². The van der Waals surface area contributed by atoms with Crippen LogP contribution >= 0.6 is 0 Å². The molecular weight excluding hydrogens is 272 g/mol. The second-order valence-electron chi connectivity index (χ2n) is 4.09. The zero-order chi connectivity index (χ0) is 14.9. The molecule has 106 valence electrons. The van der Waals surface area contributed by atoms with Crippen molar-refractivity contribution in [3.8, 4) is 5.75 Å². The first-order valence-electron chi connectivity index (χ1n) is 5.60. The molecule has 0 atom stereocenters. The number of hydrogen-bond acceptors (Lipinski definition) is 4. The first-order chi connectivity index (χ1) is 9.40. The van der Waals surface area contributed by atoms with Gasteiger partial charge in [-0.1, -0.05) is 0 Å². The lowest BCUT2D eigenvalue weighted by Crippen LogP contribution is -2.07. The molecule has 0 amide bonds. The highest BCUT2D eigenvalue weighted by Crippen LogP contribution is 2.24. The van der Waals surface area contributed by atoms with Gasteiger partial charge in [0.1, 0.15) is 12.4 Å². The minimum Gasteiger partial charge on any atom is -0.479 e. The van der Waals surface area contributed by atoms with Gasteiger partial charge in [-0.15, -0.1) is 10.2 Å². The van der Waals surface area contributed by atoms with E-state index in [1.807, 2.05) is 0 Å². The fourth-order valence-corrected chi connectivity index (χ4v) is 1.53. The predicted octanol–water partition coefficient (Wildman–Crippen LogP) is 1.68. The number of carboxylic acid groups (broad SMARTS) is 1. The molecular formula is C12H11F2N3O3. The van der Waals surface area contributed by atoms with Gasteiger partial charge in [-0.05, 0) is 19.1 Å². The number of aromatic carboxylic acids is 1. The van der Waals surface area contributed by atoms with E-state index in [4.69, 9.17) is 9.84 Å². The van der Waals surface area contributed by atoms with Gasteiger partial charge in [0.05, 0.1) is 5.56 Å². The number of aromatic nitrogens is 3. The Morgan fingerprint density at radius 2 is 1.95 bits per heavy atom. The molecule has 0 aliphatic rings. The van der Waals surface area contributed by atoms with Crippen molar-refractivity contribution in [1.29, 1.82) is 0 Å². The number of hydrogen-bond donors (Lipinski definition) is 1. The summed E-state index contributed by atoms with van der Waals surface area (Å²) in [5.41, 5.74) is -0.484. The molecule has 0 unspecified atom stereocenters. The Morgan fingerprint density at radius 1 is 1.35 bits per heavy atom. The van der Waals surface area contributed by atoms with E-state index >= 15 is 0 Å².